The number of benzene rings is 1. The van der Waals surface area contributed by atoms with Crippen LogP contribution in [0.25, 0.3) is 0 Å². The molecule has 0 spiro atoms. The quantitative estimate of drug-likeness (QED) is 0.602. The van der Waals surface area contributed by atoms with Gasteiger partial charge in [0.25, 0.3) is 5.69 Å². The molecule has 0 aliphatic rings. The highest BCUT2D eigenvalue weighted by atomic mass is 32.2. The van der Waals surface area contributed by atoms with Gasteiger partial charge < -0.3 is 4.74 Å². The zero-order chi connectivity index (χ0) is 16.0. The number of rotatable bonds is 7. The van der Waals surface area contributed by atoms with Crippen molar-refractivity contribution in [3.63, 3.8) is 0 Å². The lowest BCUT2D eigenvalue weighted by molar-refractivity contribution is -0.385. The minimum absolute atomic E-state index is 0.0000827. The number of non-ortho nitro benzene ring substituents is 1. The standard InChI is InChI=1S/C12H15N3O5S/c1-3-9(6-7-13)14-21(18,19)12-8-10(15(16)17)4-5-11(12)20-2/h4-5,8-9,14H,3,6H2,1-2H3. The molecule has 1 N–H and O–H groups in total. The summed E-state index contributed by atoms with van der Waals surface area (Å²) in [6.07, 6.45) is 0.428. The molecule has 1 rings (SSSR count). The van der Waals surface area contributed by atoms with Crippen LogP contribution in [0.2, 0.25) is 0 Å². The molecule has 0 amide bonds. The Bertz CT molecular complexity index is 666. The third kappa shape index (κ3) is 4.14. The number of nitrogens with zero attached hydrogens (tertiary/aromatic N) is 2. The molecule has 0 radical (unpaired) electrons. The largest absolute Gasteiger partial charge is 0.495 e. The van der Waals surface area contributed by atoms with Gasteiger partial charge in [-0.05, 0) is 12.5 Å². The average molecular weight is 313 g/mol. The topological polar surface area (TPSA) is 122 Å². The summed E-state index contributed by atoms with van der Waals surface area (Å²) in [5.41, 5.74) is -0.357. The monoisotopic (exact) mass is 313 g/mol. The summed E-state index contributed by atoms with van der Waals surface area (Å²) in [7, 11) is -2.75. The fraction of sp³-hybridized carbons (Fsp3) is 0.417. The van der Waals surface area contributed by atoms with Gasteiger partial charge in [-0.15, -0.1) is 0 Å². The maximum atomic E-state index is 12.3. The Hall–Kier alpha value is -2.18. The van der Waals surface area contributed by atoms with Crippen molar-refractivity contribution in [2.24, 2.45) is 0 Å². The summed E-state index contributed by atoms with van der Waals surface area (Å²) in [5, 5.41) is 19.4. The van der Waals surface area contributed by atoms with E-state index < -0.39 is 21.0 Å². The Labute approximate surface area is 122 Å². The van der Waals surface area contributed by atoms with Gasteiger partial charge in [0.2, 0.25) is 10.0 Å². The number of nitro groups is 1. The Kier molecular flexibility index (Phi) is 5.63. The first-order chi connectivity index (χ1) is 9.85. The van der Waals surface area contributed by atoms with Gasteiger partial charge in [0.1, 0.15) is 10.6 Å². The number of ether oxygens (including phenoxy) is 1. The van der Waals surface area contributed by atoms with Crippen LogP contribution in [0.5, 0.6) is 5.75 Å². The second-order valence-corrected chi connectivity index (χ2v) is 5.86. The van der Waals surface area contributed by atoms with E-state index in [-0.39, 0.29) is 22.8 Å². The van der Waals surface area contributed by atoms with Gasteiger partial charge in [-0.3, -0.25) is 10.1 Å². The lowest BCUT2D eigenvalue weighted by Gasteiger charge is -2.15. The highest BCUT2D eigenvalue weighted by Crippen LogP contribution is 2.28. The summed E-state index contributed by atoms with van der Waals surface area (Å²) in [4.78, 5) is 9.75. The van der Waals surface area contributed by atoms with Crippen LogP contribution in [0, 0.1) is 21.4 Å². The van der Waals surface area contributed by atoms with E-state index >= 15 is 0 Å². The van der Waals surface area contributed by atoms with Crippen molar-refractivity contribution in [2.75, 3.05) is 7.11 Å². The van der Waals surface area contributed by atoms with E-state index in [1.807, 2.05) is 6.07 Å². The normalized spacial score (nSPS) is 12.4. The summed E-state index contributed by atoms with van der Waals surface area (Å²) in [5.74, 6) is -0.0000827. The van der Waals surface area contributed by atoms with Crippen molar-refractivity contribution in [1.82, 2.24) is 4.72 Å². The molecular weight excluding hydrogens is 298 g/mol. The Morgan fingerprint density at radius 2 is 2.19 bits per heavy atom. The van der Waals surface area contributed by atoms with Crippen LogP contribution >= 0.6 is 0 Å². The lowest BCUT2D eigenvalue weighted by atomic mass is 10.2. The van der Waals surface area contributed by atoms with E-state index in [4.69, 9.17) is 10.00 Å². The minimum Gasteiger partial charge on any atom is -0.495 e. The van der Waals surface area contributed by atoms with Crippen LogP contribution in [-0.2, 0) is 10.0 Å². The molecule has 0 aliphatic carbocycles. The third-order valence-electron chi connectivity index (χ3n) is 2.80. The summed E-state index contributed by atoms with van der Waals surface area (Å²) in [6.45, 7) is 1.73. The van der Waals surface area contributed by atoms with Crippen LogP contribution in [0.4, 0.5) is 5.69 Å². The molecule has 1 atom stereocenters. The van der Waals surface area contributed by atoms with Crippen molar-refractivity contribution in [2.45, 2.75) is 30.7 Å². The first-order valence-corrected chi connectivity index (χ1v) is 7.55. The molecule has 0 saturated heterocycles. The number of hydrogen-bond donors (Lipinski definition) is 1. The molecule has 0 aliphatic heterocycles. The maximum Gasteiger partial charge on any atom is 0.271 e. The average Bonchev–Trinajstić information content (AvgIpc) is 2.45. The second-order valence-electron chi connectivity index (χ2n) is 4.18. The van der Waals surface area contributed by atoms with Gasteiger partial charge in [-0.25, -0.2) is 13.1 Å². The fourth-order valence-electron chi connectivity index (χ4n) is 1.65. The summed E-state index contributed by atoms with van der Waals surface area (Å²) in [6, 6.07) is 4.63. The number of nitriles is 1. The zero-order valence-electron chi connectivity index (χ0n) is 11.6. The van der Waals surface area contributed by atoms with Gasteiger partial charge >= 0.3 is 0 Å². The lowest BCUT2D eigenvalue weighted by Crippen LogP contribution is -2.34. The number of hydrogen-bond acceptors (Lipinski definition) is 6. The van der Waals surface area contributed by atoms with Gasteiger partial charge in [-0.1, -0.05) is 6.92 Å². The van der Waals surface area contributed by atoms with Crippen molar-refractivity contribution in [3.05, 3.63) is 28.3 Å². The number of nitrogens with one attached hydrogen (secondary N) is 1. The van der Waals surface area contributed by atoms with Crippen molar-refractivity contribution < 1.29 is 18.1 Å². The van der Waals surface area contributed by atoms with Crippen LogP contribution in [0.1, 0.15) is 19.8 Å². The molecule has 1 aromatic carbocycles. The first kappa shape index (κ1) is 16.9. The summed E-state index contributed by atoms with van der Waals surface area (Å²) >= 11 is 0. The Morgan fingerprint density at radius 3 is 2.67 bits per heavy atom. The fourth-order valence-corrected chi connectivity index (χ4v) is 3.16. The second kappa shape index (κ2) is 7.01. The van der Waals surface area contributed by atoms with E-state index in [0.717, 1.165) is 12.1 Å². The molecule has 0 fully saturated rings. The Morgan fingerprint density at radius 1 is 1.52 bits per heavy atom. The molecule has 0 heterocycles. The highest BCUT2D eigenvalue weighted by Gasteiger charge is 2.25. The number of sulfonamides is 1. The number of methoxy groups -OCH3 is 1. The van der Waals surface area contributed by atoms with E-state index in [1.165, 1.54) is 13.2 Å². The van der Waals surface area contributed by atoms with Crippen LogP contribution in [0.15, 0.2) is 23.1 Å². The molecule has 1 aromatic rings. The zero-order valence-corrected chi connectivity index (χ0v) is 12.4. The molecule has 8 nitrogen and oxygen atoms in total. The predicted molar refractivity (Wildman–Crippen MR) is 74.3 cm³/mol. The van der Waals surface area contributed by atoms with Crippen molar-refractivity contribution >= 4 is 15.7 Å². The van der Waals surface area contributed by atoms with Gasteiger partial charge in [0.05, 0.1) is 24.5 Å². The van der Waals surface area contributed by atoms with E-state index in [9.17, 15) is 18.5 Å². The van der Waals surface area contributed by atoms with Crippen molar-refractivity contribution in [1.29, 1.82) is 5.26 Å². The van der Waals surface area contributed by atoms with Gasteiger partial charge in [0, 0.05) is 18.2 Å². The van der Waals surface area contributed by atoms with E-state index in [0.29, 0.717) is 6.42 Å². The SMILES string of the molecule is CCC(CC#N)NS(=O)(=O)c1cc([N+](=O)[O-])ccc1OC. The van der Waals surface area contributed by atoms with Crippen LogP contribution < -0.4 is 9.46 Å². The van der Waals surface area contributed by atoms with Gasteiger partial charge in [-0.2, -0.15) is 5.26 Å². The molecule has 0 saturated carbocycles. The maximum absolute atomic E-state index is 12.3. The first-order valence-electron chi connectivity index (χ1n) is 6.07. The molecule has 9 heteroatoms. The van der Waals surface area contributed by atoms with Crippen LogP contribution in [-0.4, -0.2) is 26.5 Å². The smallest absolute Gasteiger partial charge is 0.271 e. The molecular formula is C12H15N3O5S. The molecule has 1 unspecified atom stereocenters. The highest BCUT2D eigenvalue weighted by molar-refractivity contribution is 7.89. The van der Waals surface area contributed by atoms with E-state index in [1.54, 1.807) is 6.92 Å². The molecule has 21 heavy (non-hydrogen) atoms. The predicted octanol–water partition coefficient (Wildman–Crippen LogP) is 1.57. The number of nitro benzene ring substituents is 1. The van der Waals surface area contributed by atoms with E-state index in [2.05, 4.69) is 4.72 Å². The molecule has 114 valence electrons. The third-order valence-corrected chi connectivity index (χ3v) is 4.34. The Balaban J connectivity index is 3.26. The molecule has 0 bridgehead atoms. The van der Waals surface area contributed by atoms with Crippen LogP contribution in [0.3, 0.4) is 0 Å². The van der Waals surface area contributed by atoms with Gasteiger partial charge in [0.15, 0.2) is 0 Å². The summed E-state index contributed by atoms with van der Waals surface area (Å²) < 4.78 is 31.9. The molecule has 0 aromatic heterocycles. The van der Waals surface area contributed by atoms with Crippen molar-refractivity contribution in [3.8, 4) is 11.8 Å². The minimum atomic E-state index is -4.02.